The van der Waals surface area contributed by atoms with E-state index in [0.717, 1.165) is 25.2 Å². The molecule has 0 spiro atoms. The van der Waals surface area contributed by atoms with Gasteiger partial charge in [-0.15, -0.1) is 0 Å². The van der Waals surface area contributed by atoms with Crippen LogP contribution in [0.3, 0.4) is 0 Å². The van der Waals surface area contributed by atoms with Crippen molar-refractivity contribution in [2.24, 2.45) is 5.92 Å². The second kappa shape index (κ2) is 6.51. The van der Waals surface area contributed by atoms with Crippen molar-refractivity contribution < 1.29 is 30.7 Å². The standard InChI is InChI=1S/C12H11BrF7N/c1-21-9(10(11(15,16)17)12(18,19)20)5-6-2-3-8(14)7(13)4-6/h2-4,9-10,21H,5H2,1H3. The van der Waals surface area contributed by atoms with Crippen molar-refractivity contribution >= 4 is 15.9 Å². The molecule has 0 aliphatic heterocycles. The summed E-state index contributed by atoms with van der Waals surface area (Å²) >= 11 is 2.83. The number of nitrogens with one attached hydrogen (secondary N) is 1. The molecule has 0 heterocycles. The van der Waals surface area contributed by atoms with Crippen LogP contribution in [0.2, 0.25) is 0 Å². The van der Waals surface area contributed by atoms with E-state index in [1.807, 2.05) is 5.32 Å². The van der Waals surface area contributed by atoms with Gasteiger partial charge in [0.2, 0.25) is 0 Å². The number of halogens is 8. The minimum atomic E-state index is -5.43. The molecule has 0 saturated heterocycles. The number of benzene rings is 1. The number of alkyl halides is 6. The van der Waals surface area contributed by atoms with Gasteiger partial charge in [0.05, 0.1) is 4.47 Å². The summed E-state index contributed by atoms with van der Waals surface area (Å²) in [6.07, 6.45) is -11.4. The lowest BCUT2D eigenvalue weighted by Gasteiger charge is -2.30. The van der Waals surface area contributed by atoms with Gasteiger partial charge in [0.15, 0.2) is 5.92 Å². The molecule has 1 atom stereocenters. The quantitative estimate of drug-likeness (QED) is 0.759. The fourth-order valence-electron chi connectivity index (χ4n) is 1.95. The third kappa shape index (κ3) is 4.84. The molecule has 0 saturated carbocycles. The molecule has 0 aliphatic rings. The van der Waals surface area contributed by atoms with E-state index in [-0.39, 0.29) is 10.0 Å². The molecule has 0 aromatic heterocycles. The zero-order chi connectivity index (χ0) is 16.4. The third-order valence-electron chi connectivity index (χ3n) is 2.92. The smallest absolute Gasteiger partial charge is 0.316 e. The lowest BCUT2D eigenvalue weighted by molar-refractivity contribution is -0.291. The molecule has 9 heteroatoms. The summed E-state index contributed by atoms with van der Waals surface area (Å²) < 4.78 is 89.0. The Morgan fingerprint density at radius 1 is 1.10 bits per heavy atom. The van der Waals surface area contributed by atoms with Crippen molar-refractivity contribution in [2.45, 2.75) is 24.8 Å². The molecule has 0 amide bonds. The lowest BCUT2D eigenvalue weighted by atomic mass is 9.92. The summed E-state index contributed by atoms with van der Waals surface area (Å²) in [5.41, 5.74) is 0.154. The molecule has 0 bridgehead atoms. The van der Waals surface area contributed by atoms with E-state index in [4.69, 9.17) is 0 Å². The largest absolute Gasteiger partial charge is 0.402 e. The highest BCUT2D eigenvalue weighted by atomic mass is 79.9. The molecular weight excluding hydrogens is 371 g/mol. The van der Waals surface area contributed by atoms with Crippen molar-refractivity contribution in [1.29, 1.82) is 0 Å². The molecule has 1 aromatic rings. The average Bonchev–Trinajstić information content (AvgIpc) is 2.29. The number of likely N-dealkylation sites (N-methyl/N-ethyl adjacent to an activating group) is 1. The van der Waals surface area contributed by atoms with E-state index in [2.05, 4.69) is 15.9 Å². The molecule has 0 radical (unpaired) electrons. The predicted octanol–water partition coefficient (Wildman–Crippen LogP) is 4.46. The normalized spacial score (nSPS) is 14.6. The SMILES string of the molecule is CNC(Cc1ccc(F)c(Br)c1)C(C(F)(F)F)C(F)(F)F. The first-order chi connectivity index (χ1) is 9.46. The summed E-state index contributed by atoms with van der Waals surface area (Å²) in [5.74, 6) is -4.15. The van der Waals surface area contributed by atoms with Gasteiger partial charge in [-0.3, -0.25) is 0 Å². The Bertz CT molecular complexity index is 469. The predicted molar refractivity (Wildman–Crippen MR) is 66.3 cm³/mol. The van der Waals surface area contributed by atoms with Crippen LogP contribution in [0.25, 0.3) is 0 Å². The van der Waals surface area contributed by atoms with E-state index in [1.54, 1.807) is 0 Å². The fraction of sp³-hybridized carbons (Fsp3) is 0.500. The van der Waals surface area contributed by atoms with Gasteiger partial charge in [-0.2, -0.15) is 26.3 Å². The van der Waals surface area contributed by atoms with Crippen molar-refractivity contribution in [1.82, 2.24) is 5.32 Å². The van der Waals surface area contributed by atoms with Gasteiger partial charge in [0, 0.05) is 6.04 Å². The summed E-state index contributed by atoms with van der Waals surface area (Å²) in [6.45, 7) is 0. The van der Waals surface area contributed by atoms with Crippen molar-refractivity contribution in [3.05, 3.63) is 34.1 Å². The van der Waals surface area contributed by atoms with E-state index >= 15 is 0 Å². The summed E-state index contributed by atoms with van der Waals surface area (Å²) in [4.78, 5) is 0. The maximum absolute atomic E-state index is 13.0. The Labute approximate surface area is 124 Å². The van der Waals surface area contributed by atoms with Gasteiger partial charge in [0.25, 0.3) is 0 Å². The molecular formula is C12H11BrF7N. The topological polar surface area (TPSA) is 12.0 Å². The van der Waals surface area contributed by atoms with Crippen LogP contribution >= 0.6 is 15.9 Å². The van der Waals surface area contributed by atoms with Gasteiger partial charge in [-0.05, 0) is 47.1 Å². The second-order valence-electron chi connectivity index (χ2n) is 4.41. The highest BCUT2D eigenvalue weighted by Crippen LogP contribution is 2.42. The summed E-state index contributed by atoms with van der Waals surface area (Å²) in [5, 5.41) is 2.05. The fourth-order valence-corrected chi connectivity index (χ4v) is 2.38. The van der Waals surface area contributed by atoms with Crippen LogP contribution in [0.15, 0.2) is 22.7 Å². The van der Waals surface area contributed by atoms with Crippen LogP contribution in [-0.4, -0.2) is 25.4 Å². The van der Waals surface area contributed by atoms with E-state index in [0.29, 0.717) is 0 Å². The monoisotopic (exact) mass is 381 g/mol. The second-order valence-corrected chi connectivity index (χ2v) is 5.26. The molecule has 21 heavy (non-hydrogen) atoms. The van der Waals surface area contributed by atoms with Gasteiger partial charge in [-0.1, -0.05) is 6.07 Å². The number of hydrogen-bond acceptors (Lipinski definition) is 1. The Hall–Kier alpha value is -0.830. The third-order valence-corrected chi connectivity index (χ3v) is 3.53. The van der Waals surface area contributed by atoms with Gasteiger partial charge in [-0.25, -0.2) is 4.39 Å². The molecule has 1 unspecified atom stereocenters. The number of rotatable bonds is 4. The molecule has 0 fully saturated rings. The molecule has 0 aliphatic carbocycles. The van der Waals surface area contributed by atoms with Gasteiger partial charge in [0.1, 0.15) is 5.82 Å². The Morgan fingerprint density at radius 3 is 2.00 bits per heavy atom. The van der Waals surface area contributed by atoms with Crippen LogP contribution in [-0.2, 0) is 6.42 Å². The van der Waals surface area contributed by atoms with E-state index < -0.39 is 36.6 Å². The summed E-state index contributed by atoms with van der Waals surface area (Å²) in [6, 6.07) is 1.38. The van der Waals surface area contributed by atoms with E-state index in [1.165, 1.54) is 0 Å². The maximum atomic E-state index is 13.0. The molecule has 1 rings (SSSR count). The molecule has 1 N–H and O–H groups in total. The maximum Gasteiger partial charge on any atom is 0.402 e. The highest BCUT2D eigenvalue weighted by molar-refractivity contribution is 9.10. The molecule has 120 valence electrons. The van der Waals surface area contributed by atoms with E-state index in [9.17, 15) is 30.7 Å². The first-order valence-electron chi connectivity index (χ1n) is 5.71. The summed E-state index contributed by atoms with van der Waals surface area (Å²) in [7, 11) is 1.02. The zero-order valence-corrected chi connectivity index (χ0v) is 12.2. The number of hydrogen-bond donors (Lipinski definition) is 1. The molecule has 1 aromatic carbocycles. The highest BCUT2D eigenvalue weighted by Gasteiger charge is 2.59. The first-order valence-corrected chi connectivity index (χ1v) is 6.50. The van der Waals surface area contributed by atoms with Crippen LogP contribution in [0.4, 0.5) is 30.7 Å². The average molecular weight is 382 g/mol. The van der Waals surface area contributed by atoms with Crippen LogP contribution < -0.4 is 5.32 Å². The zero-order valence-electron chi connectivity index (χ0n) is 10.6. The van der Waals surface area contributed by atoms with Gasteiger partial charge < -0.3 is 5.32 Å². The van der Waals surface area contributed by atoms with Crippen molar-refractivity contribution in [2.75, 3.05) is 7.05 Å². The lowest BCUT2D eigenvalue weighted by Crippen LogP contribution is -2.51. The van der Waals surface area contributed by atoms with Gasteiger partial charge >= 0.3 is 12.4 Å². The first kappa shape index (κ1) is 18.2. The Balaban J connectivity index is 3.07. The minimum absolute atomic E-state index is 0.0228. The van der Waals surface area contributed by atoms with Crippen LogP contribution in [0.5, 0.6) is 0 Å². The molecule has 1 nitrogen and oxygen atoms in total. The minimum Gasteiger partial charge on any atom is -0.316 e. The van der Waals surface area contributed by atoms with Crippen LogP contribution in [0, 0.1) is 11.7 Å². The van der Waals surface area contributed by atoms with Crippen LogP contribution in [0.1, 0.15) is 5.56 Å². The van der Waals surface area contributed by atoms with Crippen molar-refractivity contribution in [3.8, 4) is 0 Å². The van der Waals surface area contributed by atoms with Crippen molar-refractivity contribution in [3.63, 3.8) is 0 Å². The Kier molecular flexibility index (Phi) is 5.65. The Morgan fingerprint density at radius 2 is 1.62 bits per heavy atom.